The van der Waals surface area contributed by atoms with Gasteiger partial charge in [0.2, 0.25) is 5.88 Å². The molecule has 0 aliphatic rings. The molecule has 0 aliphatic carbocycles. The van der Waals surface area contributed by atoms with Crippen LogP contribution in [0.2, 0.25) is 0 Å². The summed E-state index contributed by atoms with van der Waals surface area (Å²) in [6, 6.07) is 10.3. The Labute approximate surface area is 154 Å². The number of hydrogen-bond acceptors (Lipinski definition) is 5. The molecule has 0 spiro atoms. The Kier molecular flexibility index (Phi) is 7.27. The lowest BCUT2D eigenvalue weighted by Crippen LogP contribution is -2.28. The molecule has 6 nitrogen and oxygen atoms in total. The lowest BCUT2D eigenvalue weighted by atomic mass is 10.2. The molecule has 2 aromatic rings. The van der Waals surface area contributed by atoms with Crippen LogP contribution in [0, 0.1) is 0 Å². The van der Waals surface area contributed by atoms with Crippen molar-refractivity contribution in [1.29, 1.82) is 0 Å². The number of alkyl carbamates (subject to hydrolysis) is 1. The number of nitrogens with zero attached hydrogens (tertiary/aromatic N) is 1. The molecule has 9 heteroatoms. The molecule has 0 unspecified atom stereocenters. The number of amides is 1. The van der Waals surface area contributed by atoms with E-state index in [-0.39, 0.29) is 12.4 Å². The number of aromatic nitrogens is 1. The highest BCUT2D eigenvalue weighted by Gasteiger charge is 2.29. The molecule has 1 amide bonds. The van der Waals surface area contributed by atoms with Gasteiger partial charge in [-0.1, -0.05) is 25.1 Å². The quantitative estimate of drug-likeness (QED) is 0.728. The summed E-state index contributed by atoms with van der Waals surface area (Å²) in [7, 11) is 0. The van der Waals surface area contributed by atoms with Crippen LogP contribution in [-0.4, -0.2) is 30.5 Å². The van der Waals surface area contributed by atoms with E-state index in [4.69, 9.17) is 9.47 Å². The highest BCUT2D eigenvalue weighted by Crippen LogP contribution is 2.31. The van der Waals surface area contributed by atoms with Crippen LogP contribution >= 0.6 is 0 Å². The molecule has 146 valence electrons. The molecule has 0 atom stereocenters. The Morgan fingerprint density at radius 1 is 1.15 bits per heavy atom. The van der Waals surface area contributed by atoms with E-state index in [9.17, 15) is 18.0 Å². The second-order valence-corrected chi connectivity index (χ2v) is 5.41. The Bertz CT molecular complexity index is 753. The van der Waals surface area contributed by atoms with Crippen molar-refractivity contribution in [1.82, 2.24) is 10.3 Å². The van der Waals surface area contributed by atoms with Gasteiger partial charge in [-0.15, -0.1) is 0 Å². The molecule has 0 saturated carbocycles. The van der Waals surface area contributed by atoms with Gasteiger partial charge in [-0.3, -0.25) is 0 Å². The van der Waals surface area contributed by atoms with E-state index in [1.54, 1.807) is 36.4 Å². The minimum absolute atomic E-state index is 0.113. The number of para-hydroxylation sites is 2. The zero-order chi connectivity index (χ0) is 19.7. The SMILES string of the molecule is CCCOc1ccccc1Oc1ncccc1CNC(=O)OCC(F)(F)F. The summed E-state index contributed by atoms with van der Waals surface area (Å²) in [5.41, 5.74) is 0.465. The summed E-state index contributed by atoms with van der Waals surface area (Å²) in [5.74, 6) is 1.17. The fraction of sp³-hybridized carbons (Fsp3) is 0.333. The third kappa shape index (κ3) is 7.04. The molecule has 0 fully saturated rings. The topological polar surface area (TPSA) is 69.7 Å². The third-order valence-corrected chi connectivity index (χ3v) is 3.16. The standard InChI is InChI=1S/C18H19F3N2O4/c1-2-10-25-14-7-3-4-8-15(14)27-16-13(6-5-9-22-16)11-23-17(24)26-12-18(19,20)21/h3-9H,2,10-12H2,1H3,(H,23,24). The second-order valence-electron chi connectivity index (χ2n) is 5.41. The monoisotopic (exact) mass is 384 g/mol. The lowest BCUT2D eigenvalue weighted by molar-refractivity contribution is -0.160. The fourth-order valence-electron chi connectivity index (χ4n) is 1.99. The van der Waals surface area contributed by atoms with E-state index in [1.807, 2.05) is 6.92 Å². The molecule has 0 bridgehead atoms. The number of benzene rings is 1. The highest BCUT2D eigenvalue weighted by atomic mass is 19.4. The zero-order valence-corrected chi connectivity index (χ0v) is 14.6. The zero-order valence-electron chi connectivity index (χ0n) is 14.6. The summed E-state index contributed by atoms with van der Waals surface area (Å²) in [6.07, 6.45) is -3.44. The first-order chi connectivity index (χ1) is 12.9. The summed E-state index contributed by atoms with van der Waals surface area (Å²) in [4.78, 5) is 15.5. The van der Waals surface area contributed by atoms with Crippen molar-refractivity contribution in [2.24, 2.45) is 0 Å². The van der Waals surface area contributed by atoms with Gasteiger partial charge in [0.1, 0.15) is 0 Å². The smallest absolute Gasteiger partial charge is 0.422 e. The van der Waals surface area contributed by atoms with E-state index < -0.39 is 18.9 Å². The first kappa shape index (κ1) is 20.3. The first-order valence-corrected chi connectivity index (χ1v) is 8.20. The van der Waals surface area contributed by atoms with Crippen LogP contribution in [0.25, 0.3) is 0 Å². The number of nitrogens with one attached hydrogen (secondary N) is 1. The van der Waals surface area contributed by atoms with Gasteiger partial charge in [-0.05, 0) is 24.6 Å². The molecular weight excluding hydrogens is 365 g/mol. The molecule has 1 N–H and O–H groups in total. The average molecular weight is 384 g/mol. The van der Waals surface area contributed by atoms with E-state index in [1.165, 1.54) is 6.20 Å². The van der Waals surface area contributed by atoms with Crippen LogP contribution in [-0.2, 0) is 11.3 Å². The molecule has 1 heterocycles. The van der Waals surface area contributed by atoms with E-state index in [0.29, 0.717) is 23.7 Å². The average Bonchev–Trinajstić information content (AvgIpc) is 2.64. The minimum atomic E-state index is -4.58. The van der Waals surface area contributed by atoms with E-state index in [0.717, 1.165) is 6.42 Å². The van der Waals surface area contributed by atoms with Crippen LogP contribution in [0.1, 0.15) is 18.9 Å². The molecule has 27 heavy (non-hydrogen) atoms. The molecule has 2 rings (SSSR count). The maximum absolute atomic E-state index is 12.1. The van der Waals surface area contributed by atoms with Crippen molar-refractivity contribution in [2.75, 3.05) is 13.2 Å². The van der Waals surface area contributed by atoms with Gasteiger partial charge in [0.15, 0.2) is 18.1 Å². The van der Waals surface area contributed by atoms with Gasteiger partial charge in [-0.2, -0.15) is 13.2 Å². The number of rotatable bonds is 8. The minimum Gasteiger partial charge on any atom is -0.490 e. The molecule has 0 aliphatic heterocycles. The van der Waals surface area contributed by atoms with Gasteiger partial charge < -0.3 is 19.5 Å². The van der Waals surface area contributed by atoms with Gasteiger partial charge in [0.25, 0.3) is 0 Å². The third-order valence-electron chi connectivity index (χ3n) is 3.16. The van der Waals surface area contributed by atoms with Crippen LogP contribution in [0.4, 0.5) is 18.0 Å². The number of pyridine rings is 1. The van der Waals surface area contributed by atoms with Crippen molar-refractivity contribution in [3.05, 3.63) is 48.2 Å². The van der Waals surface area contributed by atoms with E-state index >= 15 is 0 Å². The highest BCUT2D eigenvalue weighted by molar-refractivity contribution is 5.67. The largest absolute Gasteiger partial charge is 0.490 e. The maximum atomic E-state index is 12.1. The maximum Gasteiger partial charge on any atom is 0.422 e. The van der Waals surface area contributed by atoms with Crippen LogP contribution in [0.15, 0.2) is 42.6 Å². The summed E-state index contributed by atoms with van der Waals surface area (Å²) >= 11 is 0. The molecule has 1 aromatic heterocycles. The van der Waals surface area contributed by atoms with Crippen LogP contribution < -0.4 is 14.8 Å². The fourth-order valence-corrected chi connectivity index (χ4v) is 1.99. The second kappa shape index (κ2) is 9.65. The van der Waals surface area contributed by atoms with Crippen molar-refractivity contribution < 1.29 is 32.2 Å². The number of carbonyl (C=O) groups is 1. The number of alkyl halides is 3. The normalized spacial score (nSPS) is 11.0. The predicted octanol–water partition coefficient (Wildman–Crippen LogP) is 4.45. The van der Waals surface area contributed by atoms with Gasteiger partial charge >= 0.3 is 12.3 Å². The Hall–Kier alpha value is -2.97. The lowest BCUT2D eigenvalue weighted by Gasteiger charge is -2.14. The predicted molar refractivity (Wildman–Crippen MR) is 90.8 cm³/mol. The van der Waals surface area contributed by atoms with Crippen LogP contribution in [0.5, 0.6) is 17.4 Å². The van der Waals surface area contributed by atoms with Crippen molar-refractivity contribution in [3.63, 3.8) is 0 Å². The van der Waals surface area contributed by atoms with Gasteiger partial charge in [0, 0.05) is 11.8 Å². The van der Waals surface area contributed by atoms with Gasteiger partial charge in [-0.25, -0.2) is 9.78 Å². The van der Waals surface area contributed by atoms with Crippen molar-refractivity contribution in [3.8, 4) is 17.4 Å². The molecular formula is C18H19F3N2O4. The van der Waals surface area contributed by atoms with Crippen molar-refractivity contribution >= 4 is 6.09 Å². The number of ether oxygens (including phenoxy) is 3. The van der Waals surface area contributed by atoms with E-state index in [2.05, 4.69) is 15.0 Å². The summed E-state index contributed by atoms with van der Waals surface area (Å²) < 4.78 is 51.7. The molecule has 0 radical (unpaired) electrons. The van der Waals surface area contributed by atoms with Gasteiger partial charge in [0.05, 0.1) is 13.2 Å². The Morgan fingerprint density at radius 3 is 2.59 bits per heavy atom. The first-order valence-electron chi connectivity index (χ1n) is 8.20. The molecule has 1 aromatic carbocycles. The number of hydrogen-bond donors (Lipinski definition) is 1. The van der Waals surface area contributed by atoms with Crippen LogP contribution in [0.3, 0.4) is 0 Å². The summed E-state index contributed by atoms with van der Waals surface area (Å²) in [6.45, 7) is 0.723. The number of halogens is 3. The Balaban J connectivity index is 2.03. The number of carbonyl (C=O) groups excluding carboxylic acids is 1. The van der Waals surface area contributed by atoms with Crippen molar-refractivity contribution in [2.45, 2.75) is 26.1 Å². The molecule has 0 saturated heterocycles. The Morgan fingerprint density at radius 2 is 1.89 bits per heavy atom. The summed E-state index contributed by atoms with van der Waals surface area (Å²) in [5, 5.41) is 2.23.